The molecule has 124 valence electrons. The molecule has 2 aromatic rings. The Balaban J connectivity index is 2.04. The topological polar surface area (TPSA) is 103 Å². The second-order valence-electron chi connectivity index (χ2n) is 4.72. The number of non-ortho nitro benzene ring substituents is 1. The highest BCUT2D eigenvalue weighted by Gasteiger charge is 2.06. The summed E-state index contributed by atoms with van der Waals surface area (Å²) in [5.74, 6) is -0.379. The van der Waals surface area contributed by atoms with Gasteiger partial charge in [0.05, 0.1) is 11.1 Å². The van der Waals surface area contributed by atoms with Crippen molar-refractivity contribution >= 4 is 46.5 Å². The summed E-state index contributed by atoms with van der Waals surface area (Å²) in [7, 11) is 0. The molecule has 0 aliphatic rings. The predicted molar refractivity (Wildman–Crippen MR) is 95.7 cm³/mol. The molecule has 0 saturated carbocycles. The average Bonchev–Trinajstić information content (AvgIpc) is 2.53. The third-order valence-electron chi connectivity index (χ3n) is 3.09. The van der Waals surface area contributed by atoms with Crippen molar-refractivity contribution < 1.29 is 10.0 Å². The van der Waals surface area contributed by atoms with Crippen molar-refractivity contribution in [2.75, 3.05) is 5.32 Å². The van der Waals surface area contributed by atoms with Gasteiger partial charge in [-0.3, -0.25) is 15.5 Å². The molecule has 0 radical (unpaired) electrons. The fourth-order valence-corrected chi connectivity index (χ4v) is 2.14. The van der Waals surface area contributed by atoms with E-state index in [4.69, 9.17) is 23.8 Å². The minimum atomic E-state index is -0.585. The first kappa shape index (κ1) is 17.6. The van der Waals surface area contributed by atoms with Gasteiger partial charge in [0.25, 0.3) is 5.69 Å². The largest absolute Gasteiger partial charge is 0.872 e. The molecule has 2 N–H and O–H groups in total. The number of nitro groups is 1. The molecule has 0 saturated heterocycles. The van der Waals surface area contributed by atoms with Crippen LogP contribution in [-0.4, -0.2) is 16.3 Å². The second-order valence-corrected chi connectivity index (χ2v) is 5.53. The fraction of sp³-hybridized carbons (Fsp3) is 0.0667. The summed E-state index contributed by atoms with van der Waals surface area (Å²) in [6.07, 6.45) is 1.17. The van der Waals surface area contributed by atoms with Crippen LogP contribution in [0.15, 0.2) is 41.5 Å². The Labute approximate surface area is 148 Å². The van der Waals surface area contributed by atoms with Crippen LogP contribution in [0.4, 0.5) is 11.4 Å². The lowest BCUT2D eigenvalue weighted by Crippen LogP contribution is -2.24. The molecule has 0 spiro atoms. The van der Waals surface area contributed by atoms with Crippen molar-refractivity contribution in [3.05, 3.63) is 62.7 Å². The van der Waals surface area contributed by atoms with Crippen LogP contribution >= 0.6 is 23.8 Å². The number of hydrogen-bond acceptors (Lipinski definition) is 5. The van der Waals surface area contributed by atoms with Gasteiger partial charge in [0.15, 0.2) is 5.11 Å². The van der Waals surface area contributed by atoms with E-state index in [0.29, 0.717) is 5.02 Å². The molecule has 0 bridgehead atoms. The minimum Gasteiger partial charge on any atom is -0.872 e. The lowest BCUT2D eigenvalue weighted by atomic mass is 10.2. The van der Waals surface area contributed by atoms with Crippen molar-refractivity contribution in [2.24, 2.45) is 5.10 Å². The number of nitrogens with one attached hydrogen (secondary N) is 2. The molecule has 0 unspecified atom stereocenters. The molecule has 0 amide bonds. The molecule has 2 rings (SSSR count). The Hall–Kier alpha value is -2.71. The summed E-state index contributed by atoms with van der Waals surface area (Å²) in [5, 5.41) is 29.9. The number of hydrazone groups is 1. The Kier molecular flexibility index (Phi) is 5.67. The molecular formula is C15H12ClN4O3S-. The number of thiocarbonyl (C=S) groups is 1. The van der Waals surface area contributed by atoms with Crippen molar-refractivity contribution in [1.29, 1.82) is 0 Å². The molecule has 0 fully saturated rings. The van der Waals surface area contributed by atoms with Gasteiger partial charge in [-0.2, -0.15) is 5.10 Å². The van der Waals surface area contributed by atoms with Crippen molar-refractivity contribution in [3.8, 4) is 5.75 Å². The fourth-order valence-electron chi connectivity index (χ4n) is 1.80. The first-order valence-corrected chi connectivity index (χ1v) is 7.47. The SMILES string of the molecule is Cc1c(Cl)cccc1NC(=S)N/N=C\c1cc([N+](=O)[O-])ccc1[O-]. The maximum atomic E-state index is 11.6. The van der Waals surface area contributed by atoms with Gasteiger partial charge in [0, 0.05) is 22.8 Å². The number of benzene rings is 2. The van der Waals surface area contributed by atoms with E-state index in [9.17, 15) is 15.2 Å². The summed E-state index contributed by atoms with van der Waals surface area (Å²) in [4.78, 5) is 10.1. The van der Waals surface area contributed by atoms with Crippen molar-refractivity contribution in [3.63, 3.8) is 0 Å². The highest BCUT2D eigenvalue weighted by Crippen LogP contribution is 2.22. The van der Waals surface area contributed by atoms with E-state index in [1.807, 2.05) is 6.92 Å². The monoisotopic (exact) mass is 363 g/mol. The molecule has 0 aromatic heterocycles. The van der Waals surface area contributed by atoms with E-state index < -0.39 is 4.92 Å². The molecule has 0 atom stereocenters. The lowest BCUT2D eigenvalue weighted by molar-refractivity contribution is -0.385. The average molecular weight is 364 g/mol. The Morgan fingerprint density at radius 1 is 1.38 bits per heavy atom. The van der Waals surface area contributed by atoms with Gasteiger partial charge in [-0.25, -0.2) is 0 Å². The van der Waals surface area contributed by atoms with Gasteiger partial charge in [-0.15, -0.1) is 0 Å². The van der Waals surface area contributed by atoms with Gasteiger partial charge in [-0.1, -0.05) is 29.5 Å². The van der Waals surface area contributed by atoms with E-state index in [2.05, 4.69) is 15.8 Å². The zero-order chi connectivity index (χ0) is 17.7. The van der Waals surface area contributed by atoms with Crippen LogP contribution in [-0.2, 0) is 0 Å². The van der Waals surface area contributed by atoms with Gasteiger partial charge in [0.1, 0.15) is 0 Å². The van der Waals surface area contributed by atoms with Crippen LogP contribution in [0.1, 0.15) is 11.1 Å². The molecule has 0 heterocycles. The number of nitrogens with zero attached hydrogens (tertiary/aromatic N) is 2. The molecular weight excluding hydrogens is 352 g/mol. The number of rotatable bonds is 4. The van der Waals surface area contributed by atoms with Crippen LogP contribution in [0, 0.1) is 17.0 Å². The number of anilines is 1. The maximum absolute atomic E-state index is 11.6. The van der Waals surface area contributed by atoms with E-state index in [1.165, 1.54) is 6.21 Å². The lowest BCUT2D eigenvalue weighted by Gasteiger charge is -2.11. The molecule has 24 heavy (non-hydrogen) atoms. The van der Waals surface area contributed by atoms with Crippen LogP contribution in [0.3, 0.4) is 0 Å². The van der Waals surface area contributed by atoms with E-state index in [0.717, 1.165) is 29.4 Å². The predicted octanol–water partition coefficient (Wildman–Crippen LogP) is 2.95. The van der Waals surface area contributed by atoms with E-state index >= 15 is 0 Å². The van der Waals surface area contributed by atoms with Crippen LogP contribution in [0.25, 0.3) is 0 Å². The van der Waals surface area contributed by atoms with Crippen LogP contribution < -0.4 is 15.8 Å². The summed E-state index contributed by atoms with van der Waals surface area (Å²) in [5.41, 5.74) is 3.98. The second kappa shape index (κ2) is 7.71. The van der Waals surface area contributed by atoms with E-state index in [1.54, 1.807) is 18.2 Å². The van der Waals surface area contributed by atoms with Crippen molar-refractivity contribution in [2.45, 2.75) is 6.92 Å². The molecule has 0 aliphatic carbocycles. The smallest absolute Gasteiger partial charge is 0.270 e. The zero-order valence-electron chi connectivity index (χ0n) is 12.4. The van der Waals surface area contributed by atoms with Gasteiger partial charge in [0.2, 0.25) is 0 Å². The Morgan fingerprint density at radius 3 is 2.83 bits per heavy atom. The van der Waals surface area contributed by atoms with Gasteiger partial charge >= 0.3 is 0 Å². The van der Waals surface area contributed by atoms with Gasteiger partial charge in [-0.05, 0) is 42.4 Å². The first-order chi connectivity index (χ1) is 11.4. The minimum absolute atomic E-state index is 0.0819. The highest BCUT2D eigenvalue weighted by atomic mass is 35.5. The molecule has 9 heteroatoms. The normalized spacial score (nSPS) is 10.6. The Morgan fingerprint density at radius 2 is 2.12 bits per heavy atom. The van der Waals surface area contributed by atoms with Crippen LogP contribution in [0.2, 0.25) is 5.02 Å². The third-order valence-corrected chi connectivity index (χ3v) is 3.69. The summed E-state index contributed by atoms with van der Waals surface area (Å²) in [6.45, 7) is 1.84. The molecule has 0 aliphatic heterocycles. The zero-order valence-corrected chi connectivity index (χ0v) is 14.0. The summed E-state index contributed by atoms with van der Waals surface area (Å²) < 4.78 is 0. The van der Waals surface area contributed by atoms with Crippen LogP contribution in [0.5, 0.6) is 5.75 Å². The number of halogens is 1. The highest BCUT2D eigenvalue weighted by molar-refractivity contribution is 7.80. The molecule has 7 nitrogen and oxygen atoms in total. The first-order valence-electron chi connectivity index (χ1n) is 6.69. The summed E-state index contributed by atoms with van der Waals surface area (Å²) in [6, 6.07) is 8.73. The number of hydrogen-bond donors (Lipinski definition) is 2. The van der Waals surface area contributed by atoms with Gasteiger partial charge < -0.3 is 10.4 Å². The third kappa shape index (κ3) is 4.40. The molecule has 2 aromatic carbocycles. The standard InChI is InChI=1S/C15H13ClN4O3S/c1-9-12(16)3-2-4-13(9)18-15(24)19-17-8-10-7-11(20(22)23)5-6-14(10)21/h2-8,21H,1H3,(H2,18,19,24)/p-1/b17-8-. The van der Waals surface area contributed by atoms with Crippen molar-refractivity contribution in [1.82, 2.24) is 5.43 Å². The Bertz CT molecular complexity index is 826. The quantitative estimate of drug-likeness (QED) is 0.374. The summed E-state index contributed by atoms with van der Waals surface area (Å²) >= 11 is 11.1. The maximum Gasteiger partial charge on any atom is 0.270 e. The number of nitro benzene ring substituents is 1. The van der Waals surface area contributed by atoms with E-state index in [-0.39, 0.29) is 22.1 Å².